The van der Waals surface area contributed by atoms with Crippen LogP contribution in [0.25, 0.3) is 22.2 Å². The summed E-state index contributed by atoms with van der Waals surface area (Å²) >= 11 is 0. The average molecular weight is 387 g/mol. The lowest BCUT2D eigenvalue weighted by Gasteiger charge is -2.10. The Bertz CT molecular complexity index is 1210. The maximum atomic E-state index is 12.4. The highest BCUT2D eigenvalue weighted by Gasteiger charge is 2.12. The molecule has 146 valence electrons. The van der Waals surface area contributed by atoms with Crippen LogP contribution in [0, 0.1) is 0 Å². The second-order valence-electron chi connectivity index (χ2n) is 6.66. The van der Waals surface area contributed by atoms with Crippen LogP contribution in [0.4, 0.5) is 10.5 Å². The summed E-state index contributed by atoms with van der Waals surface area (Å²) in [5.74, 6) is 0.593. The van der Waals surface area contributed by atoms with Crippen LogP contribution < -0.4 is 16.3 Å². The topological polar surface area (TPSA) is 81.0 Å². The summed E-state index contributed by atoms with van der Waals surface area (Å²) in [6, 6.07) is 22.8. The standard InChI is InChI=1S/C22H21N5O2/c1-26-20(17-9-3-2-4-10-17)25-27(22(26)29)15-14-23-21(28)24-19-13-7-11-16-8-5-6-12-18(16)19/h2-13H,14-15H2,1H3,(H2,23,24,28). The van der Waals surface area contributed by atoms with Gasteiger partial charge in [-0.25, -0.2) is 14.3 Å². The molecule has 0 bridgehead atoms. The van der Waals surface area contributed by atoms with Gasteiger partial charge in [0.1, 0.15) is 0 Å². The van der Waals surface area contributed by atoms with E-state index in [1.54, 1.807) is 7.05 Å². The molecule has 0 saturated heterocycles. The van der Waals surface area contributed by atoms with Crippen LogP contribution in [0.5, 0.6) is 0 Å². The maximum Gasteiger partial charge on any atom is 0.345 e. The lowest BCUT2D eigenvalue weighted by molar-refractivity contribution is 0.251. The lowest BCUT2D eigenvalue weighted by atomic mass is 10.1. The fraction of sp³-hybridized carbons (Fsp3) is 0.136. The minimum atomic E-state index is -0.325. The molecular formula is C22H21N5O2. The highest BCUT2D eigenvalue weighted by atomic mass is 16.2. The quantitative estimate of drug-likeness (QED) is 0.552. The molecule has 7 nitrogen and oxygen atoms in total. The Morgan fingerprint density at radius 3 is 2.52 bits per heavy atom. The van der Waals surface area contributed by atoms with Crippen molar-refractivity contribution in [3.8, 4) is 11.4 Å². The van der Waals surface area contributed by atoms with Crippen molar-refractivity contribution >= 4 is 22.5 Å². The summed E-state index contributed by atoms with van der Waals surface area (Å²) in [6.07, 6.45) is 0. The van der Waals surface area contributed by atoms with Crippen LogP contribution in [0.15, 0.2) is 77.6 Å². The molecule has 0 fully saturated rings. The number of urea groups is 1. The molecule has 2 N–H and O–H groups in total. The fourth-order valence-corrected chi connectivity index (χ4v) is 3.25. The van der Waals surface area contributed by atoms with Crippen molar-refractivity contribution in [2.75, 3.05) is 11.9 Å². The molecule has 4 rings (SSSR count). The van der Waals surface area contributed by atoms with E-state index in [4.69, 9.17) is 0 Å². The van der Waals surface area contributed by atoms with Crippen molar-refractivity contribution in [3.05, 3.63) is 83.3 Å². The molecule has 1 heterocycles. The van der Waals surface area contributed by atoms with Gasteiger partial charge in [-0.3, -0.25) is 4.57 Å². The molecule has 0 unspecified atom stereocenters. The predicted molar refractivity (Wildman–Crippen MR) is 114 cm³/mol. The van der Waals surface area contributed by atoms with Crippen molar-refractivity contribution in [2.45, 2.75) is 6.54 Å². The zero-order valence-corrected chi connectivity index (χ0v) is 16.0. The van der Waals surface area contributed by atoms with E-state index in [1.165, 1.54) is 9.25 Å². The van der Waals surface area contributed by atoms with E-state index in [9.17, 15) is 9.59 Å². The number of hydrogen-bond acceptors (Lipinski definition) is 3. The van der Waals surface area contributed by atoms with Gasteiger partial charge in [0.2, 0.25) is 0 Å². The minimum Gasteiger partial charge on any atom is -0.336 e. The predicted octanol–water partition coefficient (Wildman–Crippen LogP) is 3.22. The fourth-order valence-electron chi connectivity index (χ4n) is 3.25. The monoisotopic (exact) mass is 387 g/mol. The number of hydrogen-bond donors (Lipinski definition) is 2. The second-order valence-corrected chi connectivity index (χ2v) is 6.66. The van der Waals surface area contributed by atoms with E-state index in [2.05, 4.69) is 15.7 Å². The van der Waals surface area contributed by atoms with Crippen molar-refractivity contribution in [2.24, 2.45) is 7.05 Å². The highest BCUT2D eigenvalue weighted by Crippen LogP contribution is 2.22. The van der Waals surface area contributed by atoms with Gasteiger partial charge in [0.25, 0.3) is 0 Å². The smallest absolute Gasteiger partial charge is 0.336 e. The van der Waals surface area contributed by atoms with Crippen LogP contribution >= 0.6 is 0 Å². The van der Waals surface area contributed by atoms with Gasteiger partial charge in [0.05, 0.1) is 12.2 Å². The summed E-state index contributed by atoms with van der Waals surface area (Å²) in [6.45, 7) is 0.560. The summed E-state index contributed by atoms with van der Waals surface area (Å²) in [5.41, 5.74) is 1.38. The summed E-state index contributed by atoms with van der Waals surface area (Å²) < 4.78 is 2.87. The van der Waals surface area contributed by atoms with Crippen LogP contribution in [0.2, 0.25) is 0 Å². The molecule has 0 aliphatic rings. The number of aromatic nitrogens is 3. The summed E-state index contributed by atoms with van der Waals surface area (Å²) in [7, 11) is 1.69. The van der Waals surface area contributed by atoms with Gasteiger partial charge < -0.3 is 10.6 Å². The van der Waals surface area contributed by atoms with Crippen LogP contribution in [-0.4, -0.2) is 26.9 Å². The Morgan fingerprint density at radius 2 is 1.69 bits per heavy atom. The first-order chi connectivity index (χ1) is 14.1. The SMILES string of the molecule is Cn1c(-c2ccccc2)nn(CCNC(=O)Nc2cccc3ccccc23)c1=O. The van der Waals surface area contributed by atoms with Crippen molar-refractivity contribution < 1.29 is 4.79 Å². The Hall–Kier alpha value is -3.87. The zero-order chi connectivity index (χ0) is 20.2. The first kappa shape index (κ1) is 18.5. The number of nitrogens with zero attached hydrogens (tertiary/aromatic N) is 3. The third-order valence-electron chi connectivity index (χ3n) is 4.72. The van der Waals surface area contributed by atoms with Crippen molar-refractivity contribution in [1.29, 1.82) is 0 Å². The molecule has 1 aromatic heterocycles. The van der Waals surface area contributed by atoms with Gasteiger partial charge in [-0.1, -0.05) is 66.7 Å². The number of benzene rings is 3. The lowest BCUT2D eigenvalue weighted by Crippen LogP contribution is -2.34. The number of amides is 2. The van der Waals surface area contributed by atoms with E-state index in [-0.39, 0.29) is 24.8 Å². The molecule has 2 amide bonds. The number of rotatable bonds is 5. The van der Waals surface area contributed by atoms with E-state index in [0.29, 0.717) is 5.82 Å². The molecule has 0 saturated carbocycles. The number of nitrogens with one attached hydrogen (secondary N) is 2. The van der Waals surface area contributed by atoms with Crippen molar-refractivity contribution in [3.63, 3.8) is 0 Å². The minimum absolute atomic E-state index is 0.222. The van der Waals surface area contributed by atoms with Gasteiger partial charge in [0.15, 0.2) is 5.82 Å². The zero-order valence-electron chi connectivity index (χ0n) is 16.0. The number of anilines is 1. The molecule has 3 aromatic carbocycles. The van der Waals surface area contributed by atoms with Gasteiger partial charge in [-0.15, -0.1) is 5.10 Å². The van der Waals surface area contributed by atoms with Crippen LogP contribution in [0.3, 0.4) is 0 Å². The number of carbonyl (C=O) groups is 1. The molecule has 4 aromatic rings. The molecule has 0 aliphatic heterocycles. The average Bonchev–Trinajstić information content (AvgIpc) is 3.03. The first-order valence-corrected chi connectivity index (χ1v) is 9.35. The molecule has 0 atom stereocenters. The molecule has 7 heteroatoms. The van der Waals surface area contributed by atoms with E-state index in [1.807, 2.05) is 72.8 Å². The third kappa shape index (κ3) is 3.89. The van der Waals surface area contributed by atoms with E-state index < -0.39 is 0 Å². The molecule has 0 radical (unpaired) electrons. The Balaban J connectivity index is 1.40. The molecule has 0 spiro atoms. The van der Waals surface area contributed by atoms with Gasteiger partial charge in [-0.05, 0) is 11.5 Å². The van der Waals surface area contributed by atoms with Crippen LogP contribution in [-0.2, 0) is 13.6 Å². The van der Waals surface area contributed by atoms with E-state index >= 15 is 0 Å². The van der Waals surface area contributed by atoms with Gasteiger partial charge in [-0.2, -0.15) is 0 Å². The first-order valence-electron chi connectivity index (χ1n) is 9.35. The normalized spacial score (nSPS) is 10.8. The van der Waals surface area contributed by atoms with Crippen molar-refractivity contribution in [1.82, 2.24) is 19.7 Å². The van der Waals surface area contributed by atoms with E-state index in [0.717, 1.165) is 22.0 Å². The van der Waals surface area contributed by atoms with Crippen LogP contribution in [0.1, 0.15) is 0 Å². The third-order valence-corrected chi connectivity index (χ3v) is 4.72. The second kappa shape index (κ2) is 8.02. The van der Waals surface area contributed by atoms with Gasteiger partial charge >= 0.3 is 11.7 Å². The number of fused-ring (bicyclic) bond motifs is 1. The highest BCUT2D eigenvalue weighted by molar-refractivity contribution is 6.01. The Labute approximate surface area is 167 Å². The summed E-state index contributed by atoms with van der Waals surface area (Å²) in [5, 5.41) is 12.1. The molecule has 0 aliphatic carbocycles. The molecular weight excluding hydrogens is 366 g/mol. The largest absolute Gasteiger partial charge is 0.345 e. The van der Waals surface area contributed by atoms with Gasteiger partial charge in [0, 0.05) is 24.5 Å². The summed E-state index contributed by atoms with van der Waals surface area (Å²) in [4.78, 5) is 24.7. The Kier molecular flexibility index (Phi) is 5.11. The Morgan fingerprint density at radius 1 is 0.966 bits per heavy atom. The maximum absolute atomic E-state index is 12.4. The number of carbonyl (C=O) groups excluding carboxylic acids is 1. The molecule has 29 heavy (non-hydrogen) atoms.